The lowest BCUT2D eigenvalue weighted by Crippen LogP contribution is -2.23. The summed E-state index contributed by atoms with van der Waals surface area (Å²) in [6.07, 6.45) is 0.158. The summed E-state index contributed by atoms with van der Waals surface area (Å²) < 4.78 is 28.7. The van der Waals surface area contributed by atoms with Crippen molar-refractivity contribution < 1.29 is 17.9 Å². The third-order valence-corrected chi connectivity index (χ3v) is 4.08. The molecule has 19 heavy (non-hydrogen) atoms. The Bertz CT molecular complexity index is 574. The van der Waals surface area contributed by atoms with Crippen molar-refractivity contribution >= 4 is 41.6 Å². The van der Waals surface area contributed by atoms with Crippen LogP contribution in [-0.2, 0) is 13.8 Å². The van der Waals surface area contributed by atoms with E-state index in [0.29, 0.717) is 4.47 Å². The molecule has 1 rings (SSSR count). The average molecular weight is 371 g/mol. The zero-order valence-electron chi connectivity index (χ0n) is 10.4. The van der Waals surface area contributed by atoms with Crippen molar-refractivity contribution in [1.29, 1.82) is 0 Å². The Morgan fingerprint density at radius 1 is 1.42 bits per heavy atom. The molecule has 0 aromatic heterocycles. The first-order valence-corrected chi connectivity index (χ1v) is 8.39. The monoisotopic (exact) mass is 369 g/mol. The highest BCUT2D eigenvalue weighted by atomic mass is 79.9. The first-order valence-electron chi connectivity index (χ1n) is 5.29. The lowest BCUT2D eigenvalue weighted by atomic mass is 10.3. The molecule has 0 fully saturated rings. The van der Waals surface area contributed by atoms with Gasteiger partial charge in [0.05, 0.1) is 13.0 Å². The molecule has 0 heterocycles. The lowest BCUT2D eigenvalue weighted by Gasteiger charge is -2.12. The summed E-state index contributed by atoms with van der Waals surface area (Å²) in [4.78, 5) is 12.7. The van der Waals surface area contributed by atoms with Crippen molar-refractivity contribution in [2.45, 2.75) is 11.3 Å². The fourth-order valence-corrected chi connectivity index (χ4v) is 2.77. The number of hydrogen-bond donors (Lipinski definition) is 0. The van der Waals surface area contributed by atoms with Gasteiger partial charge in [-0.15, -0.1) is 0 Å². The predicted octanol–water partition coefficient (Wildman–Crippen LogP) is 2.23. The molecule has 0 unspecified atom stereocenters. The van der Waals surface area contributed by atoms with E-state index in [1.807, 2.05) is 0 Å². The summed E-state index contributed by atoms with van der Waals surface area (Å²) in [7, 11) is 4.69. The highest BCUT2D eigenvalue weighted by Crippen LogP contribution is 2.30. The highest BCUT2D eigenvalue weighted by Gasteiger charge is 2.17. The summed E-state index contributed by atoms with van der Waals surface area (Å²) in [6.45, 7) is 0.0814. The zero-order chi connectivity index (χ0) is 14.6. The van der Waals surface area contributed by atoms with Crippen molar-refractivity contribution in [3.63, 3.8) is 0 Å². The Labute approximate surface area is 125 Å². The highest BCUT2D eigenvalue weighted by molar-refractivity contribution is 9.10. The van der Waals surface area contributed by atoms with Crippen molar-refractivity contribution in [3.8, 4) is 5.75 Å². The maximum Gasteiger partial charge on any atom is 0.265 e. The molecule has 0 saturated heterocycles. The van der Waals surface area contributed by atoms with E-state index in [9.17, 15) is 13.2 Å². The average Bonchev–Trinajstić information content (AvgIpc) is 2.29. The van der Waals surface area contributed by atoms with Gasteiger partial charge < -0.3 is 9.64 Å². The van der Waals surface area contributed by atoms with E-state index in [-0.39, 0.29) is 29.6 Å². The fourth-order valence-electron chi connectivity index (χ4n) is 1.26. The summed E-state index contributed by atoms with van der Waals surface area (Å²) in [5.41, 5.74) is 0. The second-order valence-corrected chi connectivity index (χ2v) is 7.37. The minimum atomic E-state index is -3.90. The second-order valence-electron chi connectivity index (χ2n) is 3.92. The van der Waals surface area contributed by atoms with E-state index in [2.05, 4.69) is 15.9 Å². The van der Waals surface area contributed by atoms with Gasteiger partial charge in [0.2, 0.25) is 5.91 Å². The molecule has 106 valence electrons. The minimum Gasteiger partial charge on any atom is -0.492 e. The van der Waals surface area contributed by atoms with Gasteiger partial charge in [0.15, 0.2) is 0 Å². The minimum absolute atomic E-state index is 0.0814. The molecule has 1 aromatic rings. The Hall–Kier alpha value is -0.790. The van der Waals surface area contributed by atoms with Crippen molar-refractivity contribution in [3.05, 3.63) is 22.7 Å². The maximum atomic E-state index is 11.4. The van der Waals surface area contributed by atoms with E-state index < -0.39 is 9.05 Å². The molecule has 0 bridgehead atoms. The number of hydrogen-bond acceptors (Lipinski definition) is 4. The van der Waals surface area contributed by atoms with E-state index in [1.54, 1.807) is 20.2 Å². The smallest absolute Gasteiger partial charge is 0.265 e. The normalized spacial score (nSPS) is 11.2. The molecule has 0 N–H and O–H groups in total. The molecular formula is C11H13BrClNO4S. The molecule has 0 aliphatic rings. The van der Waals surface area contributed by atoms with Crippen LogP contribution in [0, 0.1) is 0 Å². The molecule has 0 aliphatic carbocycles. The van der Waals surface area contributed by atoms with Crippen LogP contribution in [-0.4, -0.2) is 39.9 Å². The molecule has 0 saturated carbocycles. The van der Waals surface area contributed by atoms with Gasteiger partial charge >= 0.3 is 0 Å². The maximum absolute atomic E-state index is 11.4. The van der Waals surface area contributed by atoms with Crippen LogP contribution in [0.4, 0.5) is 0 Å². The van der Waals surface area contributed by atoms with Gasteiger partial charge in [-0.2, -0.15) is 0 Å². The van der Waals surface area contributed by atoms with Crippen LogP contribution in [0.1, 0.15) is 6.42 Å². The lowest BCUT2D eigenvalue weighted by molar-refractivity contribution is -0.129. The number of carbonyl (C=O) groups excluding carboxylic acids is 1. The third kappa shape index (κ3) is 5.00. The third-order valence-electron chi connectivity index (χ3n) is 2.24. The van der Waals surface area contributed by atoms with Gasteiger partial charge in [0.1, 0.15) is 10.6 Å². The van der Waals surface area contributed by atoms with Crippen molar-refractivity contribution in [1.82, 2.24) is 4.90 Å². The first-order chi connectivity index (χ1) is 8.71. The van der Waals surface area contributed by atoms with Crippen LogP contribution in [0.15, 0.2) is 27.6 Å². The predicted molar refractivity (Wildman–Crippen MR) is 76.0 cm³/mol. The molecule has 1 amide bonds. The van der Waals surface area contributed by atoms with Gasteiger partial charge in [-0.3, -0.25) is 4.79 Å². The Balaban J connectivity index is 2.82. The van der Waals surface area contributed by atoms with Crippen LogP contribution in [0.2, 0.25) is 0 Å². The largest absolute Gasteiger partial charge is 0.492 e. The summed E-state index contributed by atoms with van der Waals surface area (Å²) in [5.74, 6) is 0.0251. The molecule has 0 radical (unpaired) electrons. The number of ether oxygens (including phenoxy) is 1. The topological polar surface area (TPSA) is 63.7 Å². The number of benzene rings is 1. The quantitative estimate of drug-likeness (QED) is 0.746. The van der Waals surface area contributed by atoms with Crippen LogP contribution in [0.25, 0.3) is 0 Å². The number of carbonyl (C=O) groups is 1. The Morgan fingerprint density at radius 2 is 2.05 bits per heavy atom. The number of nitrogens with zero attached hydrogens (tertiary/aromatic N) is 1. The molecule has 1 aromatic carbocycles. The van der Waals surface area contributed by atoms with Gasteiger partial charge in [0, 0.05) is 29.3 Å². The molecule has 0 aliphatic heterocycles. The molecule has 0 spiro atoms. The second kappa shape index (κ2) is 6.58. The SMILES string of the molecule is CN(C)C(=O)CCOc1ccc(Br)cc1S(=O)(=O)Cl. The first kappa shape index (κ1) is 16.3. The standard InChI is InChI=1S/C11H13BrClNO4S/c1-14(2)11(15)5-6-18-9-4-3-8(12)7-10(9)19(13,16)17/h3-4,7H,5-6H2,1-2H3. The fraction of sp³-hybridized carbons (Fsp3) is 0.364. The summed E-state index contributed by atoms with van der Waals surface area (Å²) >= 11 is 3.16. The molecule has 5 nitrogen and oxygen atoms in total. The number of rotatable bonds is 5. The van der Waals surface area contributed by atoms with Gasteiger partial charge in [-0.05, 0) is 18.2 Å². The molecular weight excluding hydrogens is 358 g/mol. The zero-order valence-corrected chi connectivity index (χ0v) is 13.5. The summed E-state index contributed by atoms with van der Waals surface area (Å²) in [5, 5.41) is 0. The number of halogens is 2. The van der Waals surface area contributed by atoms with Crippen LogP contribution in [0.3, 0.4) is 0 Å². The van der Waals surface area contributed by atoms with Gasteiger partial charge in [-0.1, -0.05) is 15.9 Å². The Morgan fingerprint density at radius 3 is 2.58 bits per heavy atom. The van der Waals surface area contributed by atoms with E-state index in [0.717, 1.165) is 0 Å². The Kier molecular flexibility index (Phi) is 5.64. The van der Waals surface area contributed by atoms with Crippen LogP contribution >= 0.6 is 26.6 Å². The van der Waals surface area contributed by atoms with E-state index >= 15 is 0 Å². The van der Waals surface area contributed by atoms with E-state index in [1.165, 1.54) is 17.0 Å². The van der Waals surface area contributed by atoms with Crippen molar-refractivity contribution in [2.75, 3.05) is 20.7 Å². The molecule has 0 atom stereocenters. The number of amides is 1. The van der Waals surface area contributed by atoms with E-state index in [4.69, 9.17) is 15.4 Å². The van der Waals surface area contributed by atoms with Crippen LogP contribution < -0.4 is 4.74 Å². The van der Waals surface area contributed by atoms with Crippen LogP contribution in [0.5, 0.6) is 5.75 Å². The van der Waals surface area contributed by atoms with Gasteiger partial charge in [0.25, 0.3) is 9.05 Å². The summed E-state index contributed by atoms with van der Waals surface area (Å²) in [6, 6.07) is 4.47. The molecule has 8 heteroatoms. The van der Waals surface area contributed by atoms with Crippen molar-refractivity contribution in [2.24, 2.45) is 0 Å². The van der Waals surface area contributed by atoms with Gasteiger partial charge in [-0.25, -0.2) is 8.42 Å².